The van der Waals surface area contributed by atoms with Gasteiger partial charge in [0.15, 0.2) is 0 Å². The summed E-state index contributed by atoms with van der Waals surface area (Å²) in [5.41, 5.74) is 1.32. The Bertz CT molecular complexity index is 119. The van der Waals surface area contributed by atoms with Crippen molar-refractivity contribution in [3.8, 4) is 0 Å². The number of esters is 1. The van der Waals surface area contributed by atoms with Gasteiger partial charge < -0.3 is 4.74 Å². The predicted octanol–water partition coefficient (Wildman–Crippen LogP) is 1.19. The number of rotatable bonds is 5. The van der Waals surface area contributed by atoms with Crippen LogP contribution in [0, 0.1) is 0 Å². The average Bonchev–Trinajstić information content (AvgIpc) is 2.03. The molecule has 4 heteroatoms. The van der Waals surface area contributed by atoms with Crippen LogP contribution < -0.4 is 5.54 Å². The molecular formula is C7H14FNO2. The van der Waals surface area contributed by atoms with E-state index in [9.17, 15) is 9.28 Å². The zero-order valence-electron chi connectivity index (χ0n) is 6.89. The normalized spacial score (nSPS) is 12.6. The first-order chi connectivity index (χ1) is 5.22. The third-order valence-electron chi connectivity index (χ3n) is 1.26. The standard InChI is InChI=1S/C7H14FNO2/c1-3-4-5-11-7(10)6(2)9-8/h6,9H,3-5H2,1-2H3. The van der Waals surface area contributed by atoms with E-state index in [4.69, 9.17) is 4.74 Å². The lowest BCUT2D eigenvalue weighted by Crippen LogP contribution is -2.30. The molecule has 66 valence electrons. The highest BCUT2D eigenvalue weighted by molar-refractivity contribution is 5.74. The summed E-state index contributed by atoms with van der Waals surface area (Å²) in [7, 11) is 0. The molecule has 0 fully saturated rings. The van der Waals surface area contributed by atoms with Gasteiger partial charge in [-0.3, -0.25) is 4.79 Å². The van der Waals surface area contributed by atoms with Crippen molar-refractivity contribution >= 4 is 5.97 Å². The van der Waals surface area contributed by atoms with Crippen molar-refractivity contribution < 1.29 is 14.0 Å². The number of carbonyl (C=O) groups is 1. The highest BCUT2D eigenvalue weighted by Gasteiger charge is 2.12. The van der Waals surface area contributed by atoms with Crippen LogP contribution in [0.1, 0.15) is 26.7 Å². The van der Waals surface area contributed by atoms with Crippen LogP contribution in [0.2, 0.25) is 0 Å². The van der Waals surface area contributed by atoms with E-state index in [0.29, 0.717) is 6.61 Å². The van der Waals surface area contributed by atoms with Gasteiger partial charge in [0, 0.05) is 0 Å². The molecule has 0 aromatic rings. The van der Waals surface area contributed by atoms with Gasteiger partial charge in [-0.05, 0) is 13.3 Å². The SMILES string of the molecule is CCCCOC(=O)C(C)NF. The van der Waals surface area contributed by atoms with E-state index < -0.39 is 12.0 Å². The van der Waals surface area contributed by atoms with Crippen molar-refractivity contribution in [3.05, 3.63) is 0 Å². The zero-order chi connectivity index (χ0) is 8.69. The molecule has 3 nitrogen and oxygen atoms in total. The zero-order valence-corrected chi connectivity index (χ0v) is 6.89. The molecule has 0 saturated carbocycles. The summed E-state index contributed by atoms with van der Waals surface area (Å²) in [6.07, 6.45) is 1.79. The highest BCUT2D eigenvalue weighted by Crippen LogP contribution is 1.92. The summed E-state index contributed by atoms with van der Waals surface area (Å²) in [5.74, 6) is -0.541. The first kappa shape index (κ1) is 10.4. The molecule has 1 atom stereocenters. The van der Waals surface area contributed by atoms with Crippen LogP contribution in [-0.4, -0.2) is 18.6 Å². The van der Waals surface area contributed by atoms with Crippen molar-refractivity contribution in [1.82, 2.24) is 5.54 Å². The second kappa shape index (κ2) is 6.09. The van der Waals surface area contributed by atoms with E-state index in [0.717, 1.165) is 12.8 Å². The summed E-state index contributed by atoms with van der Waals surface area (Å²) >= 11 is 0. The Morgan fingerprint density at radius 3 is 2.82 bits per heavy atom. The Hall–Kier alpha value is -0.640. The Balaban J connectivity index is 3.36. The fraction of sp³-hybridized carbons (Fsp3) is 0.857. The van der Waals surface area contributed by atoms with Crippen LogP contribution in [-0.2, 0) is 9.53 Å². The Labute approximate surface area is 65.9 Å². The molecule has 0 rings (SSSR count). The Kier molecular flexibility index (Phi) is 5.74. The molecule has 0 aliphatic rings. The van der Waals surface area contributed by atoms with Crippen molar-refractivity contribution in [3.63, 3.8) is 0 Å². The molecule has 0 aromatic carbocycles. The minimum absolute atomic E-state index is 0.376. The van der Waals surface area contributed by atoms with Crippen molar-refractivity contribution in [1.29, 1.82) is 0 Å². The van der Waals surface area contributed by atoms with Gasteiger partial charge in [0.2, 0.25) is 0 Å². The average molecular weight is 163 g/mol. The third kappa shape index (κ3) is 4.72. The summed E-state index contributed by atoms with van der Waals surface area (Å²) in [5, 5.41) is 0. The number of nitrogens with one attached hydrogen (secondary N) is 1. The molecule has 0 aromatic heterocycles. The van der Waals surface area contributed by atoms with Crippen LogP contribution in [0.25, 0.3) is 0 Å². The summed E-state index contributed by atoms with van der Waals surface area (Å²) in [6.45, 7) is 3.78. The van der Waals surface area contributed by atoms with E-state index in [2.05, 4.69) is 0 Å². The van der Waals surface area contributed by atoms with Crippen LogP contribution in [0.15, 0.2) is 0 Å². The number of hydrogen-bond acceptors (Lipinski definition) is 3. The maximum absolute atomic E-state index is 11.6. The second-order valence-electron chi connectivity index (χ2n) is 2.35. The first-order valence-corrected chi connectivity index (χ1v) is 3.75. The van der Waals surface area contributed by atoms with Gasteiger partial charge >= 0.3 is 5.97 Å². The van der Waals surface area contributed by atoms with Gasteiger partial charge in [0.1, 0.15) is 6.04 Å². The van der Waals surface area contributed by atoms with E-state index in [1.54, 1.807) is 0 Å². The predicted molar refractivity (Wildman–Crippen MR) is 39.6 cm³/mol. The van der Waals surface area contributed by atoms with Crippen LogP contribution in [0.3, 0.4) is 0 Å². The number of hydrogen-bond donors (Lipinski definition) is 1. The monoisotopic (exact) mass is 163 g/mol. The maximum atomic E-state index is 11.6. The minimum atomic E-state index is -0.855. The van der Waals surface area contributed by atoms with Gasteiger partial charge in [0.05, 0.1) is 6.61 Å². The number of ether oxygens (including phenoxy) is 1. The molecule has 0 saturated heterocycles. The minimum Gasteiger partial charge on any atom is -0.464 e. The molecule has 1 N–H and O–H groups in total. The van der Waals surface area contributed by atoms with E-state index in [1.807, 2.05) is 6.92 Å². The van der Waals surface area contributed by atoms with Gasteiger partial charge in [-0.2, -0.15) is 0 Å². The molecule has 11 heavy (non-hydrogen) atoms. The maximum Gasteiger partial charge on any atom is 0.325 e. The van der Waals surface area contributed by atoms with Gasteiger partial charge in [-0.1, -0.05) is 13.3 Å². The number of carbonyl (C=O) groups excluding carboxylic acids is 1. The molecule has 0 amide bonds. The second-order valence-corrected chi connectivity index (χ2v) is 2.35. The van der Waals surface area contributed by atoms with Crippen molar-refractivity contribution in [2.75, 3.05) is 6.61 Å². The van der Waals surface area contributed by atoms with Gasteiger partial charge in [-0.15, -0.1) is 10.0 Å². The Morgan fingerprint density at radius 2 is 2.36 bits per heavy atom. The fourth-order valence-electron chi connectivity index (χ4n) is 0.487. The lowest BCUT2D eigenvalue weighted by atomic mass is 10.3. The molecule has 0 bridgehead atoms. The Morgan fingerprint density at radius 1 is 1.73 bits per heavy atom. The van der Waals surface area contributed by atoms with E-state index in [1.165, 1.54) is 12.5 Å². The molecule has 0 heterocycles. The van der Waals surface area contributed by atoms with Crippen molar-refractivity contribution in [2.24, 2.45) is 0 Å². The van der Waals surface area contributed by atoms with Gasteiger partial charge in [0.25, 0.3) is 0 Å². The smallest absolute Gasteiger partial charge is 0.325 e. The third-order valence-corrected chi connectivity index (χ3v) is 1.26. The number of halogens is 1. The highest BCUT2D eigenvalue weighted by atomic mass is 19.2. The van der Waals surface area contributed by atoms with Gasteiger partial charge in [-0.25, -0.2) is 0 Å². The fourth-order valence-corrected chi connectivity index (χ4v) is 0.487. The topological polar surface area (TPSA) is 38.3 Å². The van der Waals surface area contributed by atoms with E-state index in [-0.39, 0.29) is 0 Å². The largest absolute Gasteiger partial charge is 0.464 e. The lowest BCUT2D eigenvalue weighted by Gasteiger charge is -2.06. The van der Waals surface area contributed by atoms with Crippen LogP contribution in [0.5, 0.6) is 0 Å². The first-order valence-electron chi connectivity index (χ1n) is 3.75. The summed E-state index contributed by atoms with van der Waals surface area (Å²) in [4.78, 5) is 10.7. The molecule has 1 unspecified atom stereocenters. The van der Waals surface area contributed by atoms with Crippen LogP contribution >= 0.6 is 0 Å². The quantitative estimate of drug-likeness (QED) is 0.376. The van der Waals surface area contributed by atoms with Crippen molar-refractivity contribution in [2.45, 2.75) is 32.7 Å². The summed E-state index contributed by atoms with van der Waals surface area (Å²) < 4.78 is 16.3. The molecule has 0 spiro atoms. The number of unbranched alkanes of at least 4 members (excludes halogenated alkanes) is 1. The molecule has 0 radical (unpaired) electrons. The molecular weight excluding hydrogens is 149 g/mol. The molecule has 0 aliphatic heterocycles. The van der Waals surface area contributed by atoms with Crippen LogP contribution in [0.4, 0.5) is 4.48 Å². The van der Waals surface area contributed by atoms with E-state index >= 15 is 0 Å². The molecule has 0 aliphatic carbocycles. The lowest BCUT2D eigenvalue weighted by molar-refractivity contribution is -0.147. The summed E-state index contributed by atoms with van der Waals surface area (Å²) in [6, 6.07) is -0.855.